The molecule has 0 fully saturated rings. The van der Waals surface area contributed by atoms with E-state index < -0.39 is 0 Å². The maximum absolute atomic E-state index is 14.7. The van der Waals surface area contributed by atoms with Gasteiger partial charge in [-0.2, -0.15) is 0 Å². The zero-order chi connectivity index (χ0) is 29.5. The van der Waals surface area contributed by atoms with Crippen molar-refractivity contribution in [3.8, 4) is 11.5 Å². The lowest BCUT2D eigenvalue weighted by Crippen LogP contribution is -2.02. The Bertz CT molecular complexity index is 1480. The van der Waals surface area contributed by atoms with Crippen LogP contribution in [-0.2, 0) is 17.6 Å². The summed E-state index contributed by atoms with van der Waals surface area (Å²) in [6.07, 6.45) is 6.73. The van der Waals surface area contributed by atoms with Crippen molar-refractivity contribution < 1.29 is 14.3 Å². The minimum absolute atomic E-state index is 0.00613. The molecule has 0 amide bonds. The molecule has 0 bridgehead atoms. The molecule has 3 nitrogen and oxygen atoms in total. The summed E-state index contributed by atoms with van der Waals surface area (Å²) in [4.78, 5) is 14.7. The van der Waals surface area contributed by atoms with Gasteiger partial charge >= 0.3 is 0 Å². The standard InChI is InChI=1S/C39H40O3/c1-5-7-11-27-17-21-29(22-18-27)35-36(30-23-19-28(20-24-30)12-8-6-2)38(32-14-10-16-34(26-32)42-4)39(40)37(35)31-13-9-15-33(25-31)41-3/h9-10,13-26H,5-8,11-12H2,1-4H3. The molecule has 0 heterocycles. The largest absolute Gasteiger partial charge is 0.497 e. The van der Waals surface area contributed by atoms with Gasteiger partial charge in [-0.1, -0.05) is 99.5 Å². The molecule has 214 valence electrons. The van der Waals surface area contributed by atoms with Crippen molar-refractivity contribution in [3.63, 3.8) is 0 Å². The molecule has 0 saturated carbocycles. The first-order valence-corrected chi connectivity index (χ1v) is 15.1. The second-order valence-corrected chi connectivity index (χ2v) is 10.9. The molecule has 3 heteroatoms. The molecule has 0 saturated heterocycles. The van der Waals surface area contributed by atoms with Crippen LogP contribution < -0.4 is 9.47 Å². The van der Waals surface area contributed by atoms with Crippen LogP contribution in [0, 0.1) is 0 Å². The van der Waals surface area contributed by atoms with Gasteiger partial charge in [-0.25, -0.2) is 0 Å². The number of hydrogen-bond acceptors (Lipinski definition) is 3. The van der Waals surface area contributed by atoms with E-state index in [2.05, 4.69) is 62.4 Å². The maximum Gasteiger partial charge on any atom is 0.195 e. The van der Waals surface area contributed by atoms with E-state index >= 15 is 0 Å². The SMILES string of the molecule is CCCCc1ccc(C2=C(c3cccc(OC)c3)C(=O)C(c3cccc(OC)c3)=C2c2ccc(CCCC)cc2)cc1. The first kappa shape index (κ1) is 29.1. The number of unbranched alkanes of at least 4 members (excludes halogenated alkanes) is 2. The van der Waals surface area contributed by atoms with E-state index in [0.717, 1.165) is 83.4 Å². The summed E-state index contributed by atoms with van der Waals surface area (Å²) in [5.41, 5.74) is 9.67. The van der Waals surface area contributed by atoms with Crippen LogP contribution in [0.5, 0.6) is 11.5 Å². The number of ketones is 1. The summed E-state index contributed by atoms with van der Waals surface area (Å²) in [5, 5.41) is 0. The van der Waals surface area contributed by atoms with Crippen LogP contribution in [0.4, 0.5) is 0 Å². The fourth-order valence-electron chi connectivity index (χ4n) is 5.73. The first-order chi connectivity index (χ1) is 20.6. The Morgan fingerprint density at radius 2 is 0.905 bits per heavy atom. The third-order valence-corrected chi connectivity index (χ3v) is 8.04. The quantitative estimate of drug-likeness (QED) is 0.174. The van der Waals surface area contributed by atoms with Gasteiger partial charge in [-0.05, 0) is 83.3 Å². The Labute approximate surface area is 250 Å². The monoisotopic (exact) mass is 556 g/mol. The molecule has 1 aliphatic rings. The second kappa shape index (κ2) is 13.5. The molecule has 0 radical (unpaired) electrons. The van der Waals surface area contributed by atoms with Gasteiger partial charge in [0.2, 0.25) is 0 Å². The number of carbonyl (C=O) groups excluding carboxylic acids is 1. The van der Waals surface area contributed by atoms with Crippen LogP contribution in [-0.4, -0.2) is 20.0 Å². The highest BCUT2D eigenvalue weighted by atomic mass is 16.5. The van der Waals surface area contributed by atoms with Gasteiger partial charge in [-0.15, -0.1) is 0 Å². The summed E-state index contributed by atoms with van der Waals surface area (Å²) < 4.78 is 11.2. The van der Waals surface area contributed by atoms with E-state index in [1.807, 2.05) is 48.5 Å². The Balaban J connectivity index is 1.77. The fraction of sp³-hybridized carbons (Fsp3) is 0.256. The van der Waals surface area contributed by atoms with Crippen LogP contribution in [0.3, 0.4) is 0 Å². The number of carbonyl (C=O) groups is 1. The Morgan fingerprint density at radius 1 is 0.500 bits per heavy atom. The lowest BCUT2D eigenvalue weighted by Gasteiger charge is -2.15. The lowest BCUT2D eigenvalue weighted by molar-refractivity contribution is -0.108. The smallest absolute Gasteiger partial charge is 0.195 e. The summed E-state index contributed by atoms with van der Waals surface area (Å²) >= 11 is 0. The number of rotatable bonds is 12. The van der Waals surface area contributed by atoms with Crippen LogP contribution >= 0.6 is 0 Å². The zero-order valence-corrected chi connectivity index (χ0v) is 25.2. The van der Waals surface area contributed by atoms with Crippen molar-refractivity contribution in [1.82, 2.24) is 0 Å². The number of aryl methyl sites for hydroxylation is 2. The minimum Gasteiger partial charge on any atom is -0.497 e. The molecule has 1 aliphatic carbocycles. The van der Waals surface area contributed by atoms with E-state index in [4.69, 9.17) is 9.47 Å². The fourth-order valence-corrected chi connectivity index (χ4v) is 5.73. The molecule has 4 aromatic rings. The average Bonchev–Trinajstić information content (AvgIpc) is 3.35. The van der Waals surface area contributed by atoms with Gasteiger partial charge in [0.05, 0.1) is 14.2 Å². The number of benzene rings is 4. The molecule has 0 atom stereocenters. The Hall–Kier alpha value is -4.37. The predicted octanol–water partition coefficient (Wildman–Crippen LogP) is 9.49. The summed E-state index contributed by atoms with van der Waals surface area (Å²) in [6, 6.07) is 33.2. The van der Waals surface area contributed by atoms with Crippen LogP contribution in [0.15, 0.2) is 97.1 Å². The van der Waals surface area contributed by atoms with Crippen molar-refractivity contribution in [2.75, 3.05) is 14.2 Å². The molecule has 4 aromatic carbocycles. The van der Waals surface area contributed by atoms with Gasteiger partial charge in [0.15, 0.2) is 5.78 Å². The van der Waals surface area contributed by atoms with E-state index in [0.29, 0.717) is 11.1 Å². The van der Waals surface area contributed by atoms with Gasteiger partial charge in [-0.3, -0.25) is 4.79 Å². The molecular weight excluding hydrogens is 516 g/mol. The molecule has 0 unspecified atom stereocenters. The number of hydrogen-bond donors (Lipinski definition) is 0. The van der Waals surface area contributed by atoms with Gasteiger partial charge in [0.25, 0.3) is 0 Å². The van der Waals surface area contributed by atoms with Crippen molar-refractivity contribution >= 4 is 28.1 Å². The van der Waals surface area contributed by atoms with E-state index in [-0.39, 0.29) is 5.78 Å². The molecule has 0 spiro atoms. The van der Waals surface area contributed by atoms with E-state index in [1.165, 1.54) is 11.1 Å². The first-order valence-electron chi connectivity index (χ1n) is 15.1. The molecule has 0 aromatic heterocycles. The third kappa shape index (κ3) is 6.11. The lowest BCUT2D eigenvalue weighted by atomic mass is 9.88. The van der Waals surface area contributed by atoms with Crippen LogP contribution in [0.2, 0.25) is 0 Å². The average molecular weight is 557 g/mol. The Kier molecular flexibility index (Phi) is 9.38. The highest BCUT2D eigenvalue weighted by Gasteiger charge is 2.35. The van der Waals surface area contributed by atoms with Crippen molar-refractivity contribution in [3.05, 3.63) is 130 Å². The normalized spacial score (nSPS) is 13.2. The summed E-state index contributed by atoms with van der Waals surface area (Å²) in [7, 11) is 3.32. The molecule has 0 aliphatic heterocycles. The number of methoxy groups -OCH3 is 2. The van der Waals surface area contributed by atoms with Crippen LogP contribution in [0.25, 0.3) is 22.3 Å². The second-order valence-electron chi connectivity index (χ2n) is 10.9. The van der Waals surface area contributed by atoms with Gasteiger partial charge < -0.3 is 9.47 Å². The maximum atomic E-state index is 14.7. The number of ether oxygens (including phenoxy) is 2. The zero-order valence-electron chi connectivity index (χ0n) is 25.2. The van der Waals surface area contributed by atoms with Gasteiger partial charge in [0, 0.05) is 22.3 Å². The van der Waals surface area contributed by atoms with E-state index in [1.54, 1.807) is 14.2 Å². The molecular formula is C39H40O3. The number of allylic oxidation sites excluding steroid dienone is 4. The minimum atomic E-state index is 0.00613. The highest BCUT2D eigenvalue weighted by Crippen LogP contribution is 2.50. The van der Waals surface area contributed by atoms with Crippen molar-refractivity contribution in [2.24, 2.45) is 0 Å². The Morgan fingerprint density at radius 3 is 1.26 bits per heavy atom. The molecule has 0 N–H and O–H groups in total. The van der Waals surface area contributed by atoms with E-state index in [9.17, 15) is 4.79 Å². The highest BCUT2D eigenvalue weighted by molar-refractivity contribution is 6.59. The molecule has 5 rings (SSSR count). The van der Waals surface area contributed by atoms with Crippen molar-refractivity contribution in [1.29, 1.82) is 0 Å². The number of Topliss-reactive ketones (excluding diaryl/α,β-unsaturated/α-hetero) is 1. The molecule has 42 heavy (non-hydrogen) atoms. The van der Waals surface area contributed by atoms with Crippen molar-refractivity contribution in [2.45, 2.75) is 52.4 Å². The van der Waals surface area contributed by atoms with Gasteiger partial charge in [0.1, 0.15) is 11.5 Å². The predicted molar refractivity (Wildman–Crippen MR) is 175 cm³/mol. The van der Waals surface area contributed by atoms with Crippen LogP contribution in [0.1, 0.15) is 72.9 Å². The third-order valence-electron chi connectivity index (χ3n) is 8.04. The summed E-state index contributed by atoms with van der Waals surface area (Å²) in [6.45, 7) is 4.43. The summed E-state index contributed by atoms with van der Waals surface area (Å²) in [5.74, 6) is 1.45. The topological polar surface area (TPSA) is 35.5 Å².